The number of nitrogens with two attached hydrogens (primary N) is 1. The van der Waals surface area contributed by atoms with E-state index in [1.807, 2.05) is 6.92 Å². The number of hydrogen-bond donors (Lipinski definition) is 2. The van der Waals surface area contributed by atoms with Crippen LogP contribution >= 0.6 is 24.8 Å². The Balaban J connectivity index is 0. The third-order valence-electron chi connectivity index (χ3n) is 1.28. The topological polar surface area (TPSA) is 67.6 Å². The fraction of sp³-hybridized carbons (Fsp3) is 0.667. The van der Waals surface area contributed by atoms with E-state index < -0.39 is 0 Å². The minimum Gasteiger partial charge on any atom is -0.330 e. The Morgan fingerprint density at radius 2 is 2.08 bits per heavy atom. The highest BCUT2D eigenvalue weighted by molar-refractivity contribution is 5.85. The summed E-state index contributed by atoms with van der Waals surface area (Å²) in [5, 5.41) is 6.78. The van der Waals surface area contributed by atoms with E-state index in [0.29, 0.717) is 6.54 Å². The molecular formula is C6H14Cl2N4. The Morgan fingerprint density at radius 1 is 1.42 bits per heavy atom. The van der Waals surface area contributed by atoms with Gasteiger partial charge in [-0.25, -0.2) is 4.98 Å². The summed E-state index contributed by atoms with van der Waals surface area (Å²) >= 11 is 0. The van der Waals surface area contributed by atoms with Gasteiger partial charge in [-0.1, -0.05) is 6.92 Å². The van der Waals surface area contributed by atoms with Crippen molar-refractivity contribution in [2.45, 2.75) is 19.8 Å². The largest absolute Gasteiger partial charge is 0.330 e. The average Bonchev–Trinajstić information content (AvgIpc) is 2.37. The number of aryl methyl sites for hydroxylation is 1. The Hall–Kier alpha value is -0.320. The van der Waals surface area contributed by atoms with E-state index in [0.717, 1.165) is 24.5 Å². The van der Waals surface area contributed by atoms with Crippen LogP contribution in [0.2, 0.25) is 0 Å². The van der Waals surface area contributed by atoms with Gasteiger partial charge in [0.15, 0.2) is 0 Å². The molecular weight excluding hydrogens is 199 g/mol. The van der Waals surface area contributed by atoms with Crippen LogP contribution in [0, 0.1) is 0 Å². The zero-order chi connectivity index (χ0) is 7.40. The van der Waals surface area contributed by atoms with Gasteiger partial charge in [-0.15, -0.1) is 24.8 Å². The molecule has 0 aliphatic heterocycles. The summed E-state index contributed by atoms with van der Waals surface area (Å²) in [6, 6.07) is 0. The predicted octanol–water partition coefficient (Wildman–Crippen LogP) is 0.712. The first-order chi connectivity index (χ1) is 4.86. The maximum absolute atomic E-state index is 5.32. The summed E-state index contributed by atoms with van der Waals surface area (Å²) in [6.45, 7) is 2.65. The number of hydrogen-bond acceptors (Lipinski definition) is 3. The molecule has 6 heteroatoms. The van der Waals surface area contributed by atoms with Gasteiger partial charge in [0, 0.05) is 12.8 Å². The van der Waals surface area contributed by atoms with Gasteiger partial charge in [0.05, 0.1) is 0 Å². The van der Waals surface area contributed by atoms with Crippen LogP contribution in [0.1, 0.15) is 18.6 Å². The summed E-state index contributed by atoms with van der Waals surface area (Å²) in [4.78, 5) is 4.17. The van der Waals surface area contributed by atoms with E-state index in [-0.39, 0.29) is 24.8 Å². The SMILES string of the molecule is CCc1n[nH]c(CCN)n1.Cl.Cl. The second-order valence-electron chi connectivity index (χ2n) is 2.09. The molecule has 0 spiro atoms. The summed E-state index contributed by atoms with van der Waals surface area (Å²) < 4.78 is 0. The molecule has 0 saturated heterocycles. The summed E-state index contributed by atoms with van der Waals surface area (Å²) in [7, 11) is 0. The van der Waals surface area contributed by atoms with Gasteiger partial charge < -0.3 is 5.73 Å². The Kier molecular flexibility index (Phi) is 8.69. The van der Waals surface area contributed by atoms with Crippen LogP contribution in [0.15, 0.2) is 0 Å². The first kappa shape index (κ1) is 14.2. The molecule has 0 fully saturated rings. The molecule has 0 aromatic carbocycles. The van der Waals surface area contributed by atoms with Crippen molar-refractivity contribution >= 4 is 24.8 Å². The van der Waals surface area contributed by atoms with E-state index in [1.54, 1.807) is 0 Å². The first-order valence-corrected chi connectivity index (χ1v) is 3.47. The number of aromatic nitrogens is 3. The zero-order valence-corrected chi connectivity index (χ0v) is 8.54. The molecule has 0 radical (unpaired) electrons. The van der Waals surface area contributed by atoms with Crippen molar-refractivity contribution in [3.8, 4) is 0 Å². The highest BCUT2D eigenvalue weighted by atomic mass is 35.5. The number of H-pyrrole nitrogens is 1. The monoisotopic (exact) mass is 212 g/mol. The quantitative estimate of drug-likeness (QED) is 0.776. The fourth-order valence-electron chi connectivity index (χ4n) is 0.741. The van der Waals surface area contributed by atoms with Gasteiger partial charge in [-0.3, -0.25) is 5.10 Å². The summed E-state index contributed by atoms with van der Waals surface area (Å²) in [5.41, 5.74) is 5.32. The molecule has 0 bridgehead atoms. The van der Waals surface area contributed by atoms with Crippen LogP contribution < -0.4 is 5.73 Å². The zero-order valence-electron chi connectivity index (χ0n) is 6.91. The Morgan fingerprint density at radius 3 is 2.50 bits per heavy atom. The number of aromatic amines is 1. The minimum absolute atomic E-state index is 0. The Labute approximate surface area is 84.2 Å². The van der Waals surface area contributed by atoms with Crippen molar-refractivity contribution in [2.24, 2.45) is 5.73 Å². The van der Waals surface area contributed by atoms with Crippen LogP contribution in [-0.2, 0) is 12.8 Å². The van der Waals surface area contributed by atoms with Gasteiger partial charge in [0.1, 0.15) is 11.6 Å². The van der Waals surface area contributed by atoms with Crippen molar-refractivity contribution in [3.63, 3.8) is 0 Å². The predicted molar refractivity (Wildman–Crippen MR) is 53.0 cm³/mol. The first-order valence-electron chi connectivity index (χ1n) is 3.47. The molecule has 1 heterocycles. The molecule has 0 atom stereocenters. The lowest BCUT2D eigenvalue weighted by atomic mass is 10.4. The highest BCUT2D eigenvalue weighted by Crippen LogP contribution is 1.92. The third kappa shape index (κ3) is 3.90. The molecule has 12 heavy (non-hydrogen) atoms. The minimum atomic E-state index is 0. The van der Waals surface area contributed by atoms with E-state index in [9.17, 15) is 0 Å². The molecule has 1 rings (SSSR count). The molecule has 1 aromatic rings. The van der Waals surface area contributed by atoms with Gasteiger partial charge >= 0.3 is 0 Å². The van der Waals surface area contributed by atoms with Gasteiger partial charge in [0.2, 0.25) is 0 Å². The van der Waals surface area contributed by atoms with Gasteiger partial charge in [-0.2, -0.15) is 5.10 Å². The van der Waals surface area contributed by atoms with Crippen molar-refractivity contribution < 1.29 is 0 Å². The standard InChI is InChI=1S/C6H12N4.2ClH/c1-2-5-8-6(3-4-7)10-9-5;;/h2-4,7H2,1H3,(H,8,9,10);2*1H. The summed E-state index contributed by atoms with van der Waals surface area (Å²) in [5.74, 6) is 1.75. The summed E-state index contributed by atoms with van der Waals surface area (Å²) in [6.07, 6.45) is 1.66. The lowest BCUT2D eigenvalue weighted by Crippen LogP contribution is -2.03. The van der Waals surface area contributed by atoms with Crippen LogP contribution in [-0.4, -0.2) is 21.7 Å². The van der Waals surface area contributed by atoms with Crippen molar-refractivity contribution in [1.82, 2.24) is 15.2 Å². The molecule has 3 N–H and O–H groups in total. The number of nitrogens with zero attached hydrogens (tertiary/aromatic N) is 2. The van der Waals surface area contributed by atoms with Crippen molar-refractivity contribution in [3.05, 3.63) is 11.6 Å². The van der Waals surface area contributed by atoms with Crippen LogP contribution in [0.25, 0.3) is 0 Å². The number of rotatable bonds is 3. The normalized spacial score (nSPS) is 8.50. The smallest absolute Gasteiger partial charge is 0.150 e. The van der Waals surface area contributed by atoms with E-state index in [1.165, 1.54) is 0 Å². The van der Waals surface area contributed by atoms with E-state index in [4.69, 9.17) is 5.73 Å². The molecule has 0 unspecified atom stereocenters. The Bertz CT molecular complexity index is 201. The third-order valence-corrected chi connectivity index (χ3v) is 1.28. The van der Waals surface area contributed by atoms with Crippen molar-refractivity contribution in [2.75, 3.05) is 6.54 Å². The second-order valence-corrected chi connectivity index (χ2v) is 2.09. The van der Waals surface area contributed by atoms with E-state index >= 15 is 0 Å². The van der Waals surface area contributed by atoms with Crippen molar-refractivity contribution in [1.29, 1.82) is 0 Å². The lowest BCUT2D eigenvalue weighted by molar-refractivity contribution is 0.874. The number of nitrogens with one attached hydrogen (secondary N) is 1. The van der Waals surface area contributed by atoms with Crippen LogP contribution in [0.4, 0.5) is 0 Å². The van der Waals surface area contributed by atoms with Gasteiger partial charge in [0.25, 0.3) is 0 Å². The molecule has 0 saturated carbocycles. The highest BCUT2D eigenvalue weighted by Gasteiger charge is 1.97. The van der Waals surface area contributed by atoms with Crippen LogP contribution in [0.5, 0.6) is 0 Å². The number of halogens is 2. The molecule has 4 nitrogen and oxygen atoms in total. The van der Waals surface area contributed by atoms with E-state index in [2.05, 4.69) is 15.2 Å². The molecule has 0 aliphatic carbocycles. The molecule has 1 aromatic heterocycles. The maximum atomic E-state index is 5.32. The lowest BCUT2D eigenvalue weighted by Gasteiger charge is -1.86. The fourth-order valence-corrected chi connectivity index (χ4v) is 0.741. The van der Waals surface area contributed by atoms with Crippen LogP contribution in [0.3, 0.4) is 0 Å². The second kappa shape index (κ2) is 7.34. The molecule has 0 amide bonds. The maximum Gasteiger partial charge on any atom is 0.150 e. The van der Waals surface area contributed by atoms with Gasteiger partial charge in [-0.05, 0) is 6.54 Å². The molecule has 0 aliphatic rings. The average molecular weight is 213 g/mol. The molecule has 72 valence electrons.